The van der Waals surface area contributed by atoms with Crippen molar-refractivity contribution in [2.75, 3.05) is 13.1 Å². The molecule has 2 fully saturated rings. The molecular weight excluding hydrogens is 214 g/mol. The van der Waals surface area contributed by atoms with Gasteiger partial charge in [0.05, 0.1) is 6.04 Å². The molecule has 0 aliphatic heterocycles. The summed E-state index contributed by atoms with van der Waals surface area (Å²) < 4.78 is 0. The highest BCUT2D eigenvalue weighted by Gasteiger charge is 2.30. The van der Waals surface area contributed by atoms with Gasteiger partial charge >= 0.3 is 0 Å². The zero-order valence-corrected chi connectivity index (χ0v) is 10.8. The van der Waals surface area contributed by atoms with Crippen LogP contribution in [0, 0.1) is 0 Å². The van der Waals surface area contributed by atoms with Gasteiger partial charge in [0.2, 0.25) is 5.91 Å². The van der Waals surface area contributed by atoms with Crippen molar-refractivity contribution in [3.8, 4) is 0 Å². The van der Waals surface area contributed by atoms with Crippen LogP contribution in [-0.2, 0) is 4.79 Å². The summed E-state index contributed by atoms with van der Waals surface area (Å²) in [5.41, 5.74) is 5.49. The van der Waals surface area contributed by atoms with Crippen LogP contribution >= 0.6 is 0 Å². The first kappa shape index (κ1) is 12.8. The van der Waals surface area contributed by atoms with Gasteiger partial charge in [-0.15, -0.1) is 0 Å². The quantitative estimate of drug-likeness (QED) is 0.692. The smallest absolute Gasteiger partial charge is 0.235 e. The van der Waals surface area contributed by atoms with Gasteiger partial charge in [-0.2, -0.15) is 0 Å². The van der Waals surface area contributed by atoms with Gasteiger partial charge in [0.15, 0.2) is 0 Å². The molecule has 1 amide bonds. The monoisotopic (exact) mass is 239 g/mol. The zero-order valence-electron chi connectivity index (χ0n) is 10.8. The first-order chi connectivity index (χ1) is 8.20. The van der Waals surface area contributed by atoms with Crippen LogP contribution in [0.3, 0.4) is 0 Å². The highest BCUT2D eigenvalue weighted by Crippen LogP contribution is 2.24. The fraction of sp³-hybridized carbons (Fsp3) is 0.923. The molecule has 4 nitrogen and oxygen atoms in total. The number of carbonyl (C=O) groups is 1. The molecule has 0 aromatic rings. The molecule has 2 rings (SSSR count). The van der Waals surface area contributed by atoms with E-state index in [9.17, 15) is 4.79 Å². The Morgan fingerprint density at radius 2 is 2.00 bits per heavy atom. The minimum absolute atomic E-state index is 0.164. The summed E-state index contributed by atoms with van der Waals surface area (Å²) in [4.78, 5) is 13.9. The third-order valence-corrected chi connectivity index (χ3v) is 4.02. The molecule has 0 heterocycles. The third-order valence-electron chi connectivity index (χ3n) is 4.02. The van der Waals surface area contributed by atoms with Crippen molar-refractivity contribution in [2.45, 2.75) is 63.6 Å². The first-order valence-corrected chi connectivity index (χ1v) is 7.00. The van der Waals surface area contributed by atoms with Crippen molar-refractivity contribution in [1.82, 2.24) is 10.2 Å². The molecule has 0 aromatic heterocycles. The SMILES string of the molecule is CCN(CC(NC1CC1)C(N)=O)C1CCCC1. The molecule has 3 N–H and O–H groups in total. The Balaban J connectivity index is 1.86. The third kappa shape index (κ3) is 3.68. The molecule has 2 aliphatic carbocycles. The summed E-state index contributed by atoms with van der Waals surface area (Å²) in [5, 5.41) is 3.36. The number of nitrogens with one attached hydrogen (secondary N) is 1. The molecule has 0 bridgehead atoms. The lowest BCUT2D eigenvalue weighted by atomic mass is 10.1. The van der Waals surface area contributed by atoms with E-state index in [1.807, 2.05) is 0 Å². The van der Waals surface area contributed by atoms with E-state index in [1.54, 1.807) is 0 Å². The summed E-state index contributed by atoms with van der Waals surface area (Å²) in [6, 6.07) is 1.04. The maximum Gasteiger partial charge on any atom is 0.235 e. The largest absolute Gasteiger partial charge is 0.368 e. The second-order valence-corrected chi connectivity index (χ2v) is 5.42. The number of amides is 1. The molecule has 1 atom stereocenters. The van der Waals surface area contributed by atoms with Gasteiger partial charge in [0.25, 0.3) is 0 Å². The van der Waals surface area contributed by atoms with Crippen LogP contribution in [0.2, 0.25) is 0 Å². The predicted molar refractivity (Wildman–Crippen MR) is 68.6 cm³/mol. The zero-order chi connectivity index (χ0) is 12.3. The van der Waals surface area contributed by atoms with Crippen LogP contribution < -0.4 is 11.1 Å². The van der Waals surface area contributed by atoms with Gasteiger partial charge in [0, 0.05) is 18.6 Å². The number of hydrogen-bond acceptors (Lipinski definition) is 3. The Morgan fingerprint density at radius 3 is 2.47 bits per heavy atom. The maximum atomic E-state index is 11.5. The Bertz CT molecular complexity index is 259. The summed E-state index contributed by atoms with van der Waals surface area (Å²) in [7, 11) is 0. The highest BCUT2D eigenvalue weighted by atomic mass is 16.1. The van der Waals surface area contributed by atoms with Gasteiger partial charge in [-0.3, -0.25) is 9.69 Å². The minimum Gasteiger partial charge on any atom is -0.368 e. The standard InChI is InChI=1S/C13H25N3O/c1-2-16(11-5-3-4-6-11)9-12(13(14)17)15-10-7-8-10/h10-12,15H,2-9H2,1H3,(H2,14,17). The van der Waals surface area contributed by atoms with Crippen molar-refractivity contribution >= 4 is 5.91 Å². The van der Waals surface area contributed by atoms with Crippen LogP contribution in [0.15, 0.2) is 0 Å². The number of likely N-dealkylation sites (N-methyl/N-ethyl adjacent to an activating group) is 1. The summed E-state index contributed by atoms with van der Waals surface area (Å²) in [6.45, 7) is 3.97. The number of nitrogens with two attached hydrogens (primary N) is 1. The van der Waals surface area contributed by atoms with E-state index in [1.165, 1.54) is 38.5 Å². The molecule has 1 unspecified atom stereocenters. The predicted octanol–water partition coefficient (Wildman–Crippen LogP) is 0.857. The van der Waals surface area contributed by atoms with E-state index in [0.29, 0.717) is 12.1 Å². The van der Waals surface area contributed by atoms with E-state index < -0.39 is 0 Å². The number of rotatable bonds is 7. The van der Waals surface area contributed by atoms with Crippen molar-refractivity contribution in [1.29, 1.82) is 0 Å². The normalized spacial score (nSPS) is 23.2. The van der Waals surface area contributed by atoms with Crippen LogP contribution in [0.5, 0.6) is 0 Å². The van der Waals surface area contributed by atoms with Crippen molar-refractivity contribution < 1.29 is 4.79 Å². The van der Waals surface area contributed by atoms with Crippen molar-refractivity contribution in [3.05, 3.63) is 0 Å². The molecule has 2 aliphatic rings. The fourth-order valence-electron chi connectivity index (χ4n) is 2.80. The van der Waals surface area contributed by atoms with Gasteiger partial charge in [0.1, 0.15) is 0 Å². The summed E-state index contributed by atoms with van der Waals surface area (Å²) in [5.74, 6) is -0.201. The van der Waals surface area contributed by atoms with Gasteiger partial charge in [-0.05, 0) is 32.2 Å². The van der Waals surface area contributed by atoms with Crippen LogP contribution in [0.25, 0.3) is 0 Å². The van der Waals surface area contributed by atoms with Gasteiger partial charge in [-0.25, -0.2) is 0 Å². The second-order valence-electron chi connectivity index (χ2n) is 5.42. The fourth-order valence-corrected chi connectivity index (χ4v) is 2.80. The van der Waals surface area contributed by atoms with Gasteiger partial charge < -0.3 is 11.1 Å². The van der Waals surface area contributed by atoms with Crippen molar-refractivity contribution in [3.63, 3.8) is 0 Å². The Kier molecular flexibility index (Phi) is 4.40. The number of hydrogen-bond donors (Lipinski definition) is 2. The summed E-state index contributed by atoms with van der Waals surface area (Å²) in [6.07, 6.45) is 7.61. The van der Waals surface area contributed by atoms with E-state index >= 15 is 0 Å². The van der Waals surface area contributed by atoms with E-state index in [2.05, 4.69) is 17.1 Å². The number of carbonyl (C=O) groups excluding carboxylic acids is 1. The Labute approximate surface area is 104 Å². The lowest BCUT2D eigenvalue weighted by Crippen LogP contribution is -2.51. The van der Waals surface area contributed by atoms with E-state index in [-0.39, 0.29) is 11.9 Å². The molecule has 98 valence electrons. The van der Waals surface area contributed by atoms with Crippen LogP contribution in [0.1, 0.15) is 45.4 Å². The summed E-state index contributed by atoms with van der Waals surface area (Å²) >= 11 is 0. The van der Waals surface area contributed by atoms with E-state index in [4.69, 9.17) is 5.73 Å². The Morgan fingerprint density at radius 1 is 1.35 bits per heavy atom. The van der Waals surface area contributed by atoms with Gasteiger partial charge in [-0.1, -0.05) is 19.8 Å². The average molecular weight is 239 g/mol. The minimum atomic E-state index is -0.201. The molecule has 0 radical (unpaired) electrons. The molecule has 2 saturated carbocycles. The van der Waals surface area contributed by atoms with Crippen LogP contribution in [0.4, 0.5) is 0 Å². The first-order valence-electron chi connectivity index (χ1n) is 7.00. The molecule has 4 heteroatoms. The second kappa shape index (κ2) is 5.83. The molecular formula is C13H25N3O. The topological polar surface area (TPSA) is 58.4 Å². The molecule has 0 spiro atoms. The maximum absolute atomic E-state index is 11.5. The van der Waals surface area contributed by atoms with Crippen LogP contribution in [-0.4, -0.2) is 42.0 Å². The van der Waals surface area contributed by atoms with Crippen molar-refractivity contribution in [2.24, 2.45) is 5.73 Å². The number of nitrogens with zero attached hydrogens (tertiary/aromatic N) is 1. The molecule has 17 heavy (non-hydrogen) atoms. The Hall–Kier alpha value is -0.610. The molecule has 0 aromatic carbocycles. The van der Waals surface area contributed by atoms with E-state index in [0.717, 1.165) is 13.1 Å². The highest BCUT2D eigenvalue weighted by molar-refractivity contribution is 5.80. The lowest BCUT2D eigenvalue weighted by molar-refractivity contribution is -0.120. The molecule has 0 saturated heterocycles. The lowest BCUT2D eigenvalue weighted by Gasteiger charge is -2.30. The number of primary amides is 1. The average Bonchev–Trinajstić information content (AvgIpc) is 2.95.